The Kier molecular flexibility index (Phi) is 8.13. The van der Waals surface area contributed by atoms with E-state index in [1.165, 1.54) is 24.3 Å². The van der Waals surface area contributed by atoms with Crippen molar-refractivity contribution >= 4 is 29.3 Å². The van der Waals surface area contributed by atoms with Crippen molar-refractivity contribution in [3.8, 4) is 0 Å². The molecule has 0 fully saturated rings. The number of hydrogen-bond donors (Lipinski definition) is 5. The average Bonchev–Trinajstić information content (AvgIpc) is 2.70. The van der Waals surface area contributed by atoms with E-state index in [4.69, 9.17) is 15.6 Å². The van der Waals surface area contributed by atoms with Gasteiger partial charge in [0.25, 0.3) is 0 Å². The second kappa shape index (κ2) is 10.8. The summed E-state index contributed by atoms with van der Waals surface area (Å²) < 4.78 is 4.86. The molecule has 0 aliphatic heterocycles. The lowest BCUT2D eigenvalue weighted by atomic mass is 10.1. The van der Waals surface area contributed by atoms with Gasteiger partial charge in [-0.15, -0.1) is 0 Å². The van der Waals surface area contributed by atoms with Gasteiger partial charge < -0.3 is 31.5 Å². The molecule has 0 aliphatic carbocycles. The van der Waals surface area contributed by atoms with Crippen molar-refractivity contribution < 1.29 is 24.2 Å². The number of carbonyl (C=O) groups is 3. The monoisotopic (exact) mass is 400 g/mol. The van der Waals surface area contributed by atoms with Crippen LogP contribution < -0.4 is 21.7 Å². The molecule has 0 saturated carbocycles. The zero-order chi connectivity index (χ0) is 21.2. The van der Waals surface area contributed by atoms with E-state index in [-0.39, 0.29) is 17.5 Å². The summed E-state index contributed by atoms with van der Waals surface area (Å²) in [5.74, 6) is -1.42. The second-order valence-corrected chi connectivity index (χ2v) is 6.25. The summed E-state index contributed by atoms with van der Waals surface area (Å²) in [6.45, 7) is 0.833. The van der Waals surface area contributed by atoms with Crippen LogP contribution in [0.2, 0.25) is 0 Å². The van der Waals surface area contributed by atoms with Crippen molar-refractivity contribution in [2.24, 2.45) is 5.73 Å². The molecule has 0 bridgehead atoms. The van der Waals surface area contributed by atoms with Crippen LogP contribution in [0.1, 0.15) is 15.9 Å². The zero-order valence-electron chi connectivity index (χ0n) is 16.0. The van der Waals surface area contributed by atoms with E-state index >= 15 is 0 Å². The van der Waals surface area contributed by atoms with Crippen LogP contribution >= 0.6 is 0 Å². The smallest absolute Gasteiger partial charge is 0.335 e. The van der Waals surface area contributed by atoms with E-state index in [0.29, 0.717) is 30.9 Å². The topological polar surface area (TPSA) is 143 Å². The van der Waals surface area contributed by atoms with Crippen LogP contribution in [-0.4, -0.2) is 49.3 Å². The number of urea groups is 1. The maximum Gasteiger partial charge on any atom is 0.335 e. The number of benzene rings is 2. The molecule has 0 heterocycles. The number of nitrogens with two attached hydrogens (primary N) is 1. The van der Waals surface area contributed by atoms with Gasteiger partial charge in [0, 0.05) is 25.0 Å². The summed E-state index contributed by atoms with van der Waals surface area (Å²) >= 11 is 0. The lowest BCUT2D eigenvalue weighted by Crippen LogP contribution is -2.37. The summed E-state index contributed by atoms with van der Waals surface area (Å²) in [6.07, 6.45) is 0.305. The summed E-state index contributed by atoms with van der Waals surface area (Å²) in [5.41, 5.74) is 8.01. The molecule has 2 rings (SSSR count). The first-order valence-electron chi connectivity index (χ1n) is 8.91. The van der Waals surface area contributed by atoms with Crippen molar-refractivity contribution in [3.63, 3.8) is 0 Å². The SMILES string of the molecule is COCCNC(=O)Nc1ccc(C[C@H](N)C(=O)Nc2ccc(C(=O)O)cc2)cc1. The molecule has 0 radical (unpaired) electrons. The predicted molar refractivity (Wildman–Crippen MR) is 109 cm³/mol. The Morgan fingerprint density at radius 2 is 1.59 bits per heavy atom. The number of anilines is 2. The van der Waals surface area contributed by atoms with Crippen molar-refractivity contribution in [1.29, 1.82) is 0 Å². The standard InChI is InChI=1S/C20H24N4O5/c1-29-11-10-22-20(28)24-16-6-2-13(3-7-16)12-17(21)18(25)23-15-8-4-14(5-9-15)19(26)27/h2-9,17H,10-12,21H2,1H3,(H,23,25)(H,26,27)(H2,22,24,28)/t17-/m0/s1. The first-order chi connectivity index (χ1) is 13.9. The number of methoxy groups -OCH3 is 1. The van der Waals surface area contributed by atoms with E-state index in [0.717, 1.165) is 5.56 Å². The van der Waals surface area contributed by atoms with Crippen LogP contribution in [0.4, 0.5) is 16.2 Å². The van der Waals surface area contributed by atoms with Gasteiger partial charge in [0.1, 0.15) is 0 Å². The summed E-state index contributed by atoms with van der Waals surface area (Å²) in [5, 5.41) is 16.9. The third-order valence-electron chi connectivity index (χ3n) is 4.00. The number of nitrogens with one attached hydrogen (secondary N) is 3. The lowest BCUT2D eigenvalue weighted by molar-refractivity contribution is -0.117. The van der Waals surface area contributed by atoms with Crippen molar-refractivity contribution in [2.45, 2.75) is 12.5 Å². The number of carboxylic acid groups (broad SMARTS) is 1. The molecule has 1 atom stereocenters. The molecule has 2 aromatic carbocycles. The molecule has 0 aliphatic rings. The van der Waals surface area contributed by atoms with Crippen LogP contribution in [0, 0.1) is 0 Å². The van der Waals surface area contributed by atoms with Gasteiger partial charge in [-0.2, -0.15) is 0 Å². The summed E-state index contributed by atoms with van der Waals surface area (Å²) in [7, 11) is 1.55. The minimum atomic E-state index is -1.04. The van der Waals surface area contributed by atoms with E-state index in [1.807, 2.05) is 0 Å². The molecule has 0 aromatic heterocycles. The van der Waals surface area contributed by atoms with Crippen LogP contribution in [0.3, 0.4) is 0 Å². The first-order valence-corrected chi connectivity index (χ1v) is 8.91. The average molecular weight is 400 g/mol. The van der Waals surface area contributed by atoms with E-state index in [9.17, 15) is 14.4 Å². The molecule has 3 amide bonds. The number of rotatable bonds is 9. The predicted octanol–water partition coefficient (Wildman–Crippen LogP) is 1.66. The number of carboxylic acids is 1. The highest BCUT2D eigenvalue weighted by molar-refractivity contribution is 5.95. The molecule has 9 nitrogen and oxygen atoms in total. The lowest BCUT2D eigenvalue weighted by Gasteiger charge is -2.13. The van der Waals surface area contributed by atoms with Crippen molar-refractivity contribution in [2.75, 3.05) is 30.9 Å². The number of aromatic carboxylic acids is 1. The van der Waals surface area contributed by atoms with Crippen molar-refractivity contribution in [3.05, 3.63) is 59.7 Å². The molecule has 0 saturated heterocycles. The zero-order valence-corrected chi connectivity index (χ0v) is 16.0. The van der Waals surface area contributed by atoms with Crippen LogP contribution in [0.15, 0.2) is 48.5 Å². The minimum absolute atomic E-state index is 0.133. The highest BCUT2D eigenvalue weighted by Crippen LogP contribution is 2.13. The van der Waals surface area contributed by atoms with Gasteiger partial charge in [0.15, 0.2) is 0 Å². The molecule has 0 unspecified atom stereocenters. The first kappa shape index (κ1) is 21.9. The van der Waals surface area contributed by atoms with Gasteiger partial charge in [-0.05, 0) is 48.4 Å². The van der Waals surface area contributed by atoms with Crippen LogP contribution in [0.5, 0.6) is 0 Å². The Labute approximate surface area is 168 Å². The third kappa shape index (κ3) is 7.24. The Bertz CT molecular complexity index is 837. The van der Waals surface area contributed by atoms with Gasteiger partial charge in [-0.25, -0.2) is 9.59 Å². The highest BCUT2D eigenvalue weighted by Gasteiger charge is 2.15. The molecule has 0 spiro atoms. The fourth-order valence-corrected chi connectivity index (χ4v) is 2.44. The quantitative estimate of drug-likeness (QED) is 0.405. The van der Waals surface area contributed by atoms with Crippen LogP contribution in [-0.2, 0) is 16.0 Å². The minimum Gasteiger partial charge on any atom is -0.478 e. The summed E-state index contributed by atoms with van der Waals surface area (Å²) in [6, 6.07) is 11.7. The second-order valence-electron chi connectivity index (χ2n) is 6.25. The normalized spacial score (nSPS) is 11.4. The molecule has 2 aromatic rings. The maximum atomic E-state index is 12.2. The van der Waals surface area contributed by atoms with Gasteiger partial charge >= 0.3 is 12.0 Å². The van der Waals surface area contributed by atoms with Gasteiger partial charge in [0.2, 0.25) is 5.91 Å². The Balaban J connectivity index is 1.84. The van der Waals surface area contributed by atoms with E-state index in [2.05, 4.69) is 16.0 Å². The van der Waals surface area contributed by atoms with Gasteiger partial charge in [0.05, 0.1) is 18.2 Å². The molecule has 6 N–H and O–H groups in total. The summed E-state index contributed by atoms with van der Waals surface area (Å²) in [4.78, 5) is 34.8. The van der Waals surface area contributed by atoms with Gasteiger partial charge in [-0.1, -0.05) is 12.1 Å². The Hall–Kier alpha value is -3.43. The Morgan fingerprint density at radius 1 is 1.00 bits per heavy atom. The fraction of sp³-hybridized carbons (Fsp3) is 0.250. The number of hydrogen-bond acceptors (Lipinski definition) is 5. The molecule has 9 heteroatoms. The van der Waals surface area contributed by atoms with Gasteiger partial charge in [-0.3, -0.25) is 4.79 Å². The number of carbonyl (C=O) groups excluding carboxylic acids is 2. The van der Waals surface area contributed by atoms with E-state index < -0.39 is 12.0 Å². The van der Waals surface area contributed by atoms with E-state index in [1.54, 1.807) is 31.4 Å². The van der Waals surface area contributed by atoms with Crippen molar-refractivity contribution in [1.82, 2.24) is 5.32 Å². The third-order valence-corrected chi connectivity index (χ3v) is 4.00. The molecule has 29 heavy (non-hydrogen) atoms. The van der Waals surface area contributed by atoms with Crippen LogP contribution in [0.25, 0.3) is 0 Å². The molecule has 154 valence electrons. The number of ether oxygens (including phenoxy) is 1. The largest absolute Gasteiger partial charge is 0.478 e. The number of amides is 3. The maximum absolute atomic E-state index is 12.2. The molecular formula is C20H24N4O5. The highest BCUT2D eigenvalue weighted by atomic mass is 16.5. The Morgan fingerprint density at radius 3 is 2.17 bits per heavy atom. The molecular weight excluding hydrogens is 376 g/mol. The fourth-order valence-electron chi connectivity index (χ4n) is 2.44.